The number of fused-ring (bicyclic) bond motifs is 2. The van der Waals surface area contributed by atoms with Crippen LogP contribution in [0, 0.1) is 0 Å². The molecule has 1 aromatic heterocycles. The Hall–Kier alpha value is -2.87. The summed E-state index contributed by atoms with van der Waals surface area (Å²) in [6.07, 6.45) is 1.81. The molecule has 8 heteroatoms. The predicted molar refractivity (Wildman–Crippen MR) is 112 cm³/mol. The van der Waals surface area contributed by atoms with E-state index in [0.29, 0.717) is 22.6 Å². The normalized spacial score (nSPS) is 10.9. The van der Waals surface area contributed by atoms with Gasteiger partial charge in [-0.2, -0.15) is 0 Å². The van der Waals surface area contributed by atoms with Crippen molar-refractivity contribution in [3.8, 4) is 0 Å². The van der Waals surface area contributed by atoms with E-state index >= 15 is 0 Å². The van der Waals surface area contributed by atoms with Crippen LogP contribution >= 0.6 is 11.8 Å². The van der Waals surface area contributed by atoms with Crippen molar-refractivity contribution in [2.24, 2.45) is 7.05 Å². The minimum atomic E-state index is -0.508. The lowest BCUT2D eigenvalue weighted by Gasteiger charge is -2.10. The molecule has 0 fully saturated rings. The third-order valence-electron chi connectivity index (χ3n) is 4.30. The second-order valence-corrected chi connectivity index (χ2v) is 7.36. The van der Waals surface area contributed by atoms with Gasteiger partial charge in [-0.1, -0.05) is 49.4 Å². The second kappa shape index (κ2) is 8.88. The standard InChI is InChI=1S/C20H22N4O3S/c1-3-4-9-21-19(27)23-17(25)12-28-20-22-16-11-14-8-6-5-7-13(14)10-15(16)18(26)24(20)2/h5-8,10-11H,3-4,9,12H2,1-2H3,(H2,21,23,25,27). The van der Waals surface area contributed by atoms with Crippen LogP contribution in [0.2, 0.25) is 0 Å². The second-order valence-electron chi connectivity index (χ2n) is 6.42. The number of hydrogen-bond donors (Lipinski definition) is 2. The fraction of sp³-hybridized carbons (Fsp3) is 0.300. The van der Waals surface area contributed by atoms with E-state index in [2.05, 4.69) is 15.6 Å². The number of rotatable bonds is 6. The molecule has 0 spiro atoms. The Bertz CT molecular complexity index is 1090. The quantitative estimate of drug-likeness (QED) is 0.288. The summed E-state index contributed by atoms with van der Waals surface area (Å²) in [5, 5.41) is 7.83. The predicted octanol–water partition coefficient (Wildman–Crippen LogP) is 2.80. The van der Waals surface area contributed by atoms with Gasteiger partial charge in [-0.05, 0) is 29.3 Å². The average Bonchev–Trinajstić information content (AvgIpc) is 2.68. The summed E-state index contributed by atoms with van der Waals surface area (Å²) >= 11 is 1.12. The SMILES string of the molecule is CCCCNC(=O)NC(=O)CSc1nc2cc3ccccc3cc2c(=O)n1C. The molecule has 146 valence electrons. The van der Waals surface area contributed by atoms with Gasteiger partial charge in [-0.25, -0.2) is 9.78 Å². The number of carbonyl (C=O) groups excluding carboxylic acids is 2. The highest BCUT2D eigenvalue weighted by Gasteiger charge is 2.13. The molecule has 0 atom stereocenters. The molecular weight excluding hydrogens is 376 g/mol. The first-order chi connectivity index (χ1) is 13.5. The van der Waals surface area contributed by atoms with Crippen LogP contribution < -0.4 is 16.2 Å². The number of benzene rings is 2. The van der Waals surface area contributed by atoms with Gasteiger partial charge in [-0.3, -0.25) is 19.5 Å². The Labute approximate surface area is 166 Å². The molecule has 1 heterocycles. The molecule has 0 unspecified atom stereocenters. The van der Waals surface area contributed by atoms with Crippen molar-refractivity contribution in [1.82, 2.24) is 20.2 Å². The first kappa shape index (κ1) is 19.9. The molecule has 3 aromatic rings. The van der Waals surface area contributed by atoms with Gasteiger partial charge in [0, 0.05) is 13.6 Å². The molecule has 0 saturated carbocycles. The van der Waals surface area contributed by atoms with Gasteiger partial charge in [-0.15, -0.1) is 0 Å². The maximum absolute atomic E-state index is 12.7. The maximum atomic E-state index is 12.7. The summed E-state index contributed by atoms with van der Waals surface area (Å²) in [4.78, 5) is 40.9. The summed E-state index contributed by atoms with van der Waals surface area (Å²) in [6, 6.07) is 11.0. The van der Waals surface area contributed by atoms with Gasteiger partial charge in [0.2, 0.25) is 5.91 Å². The van der Waals surface area contributed by atoms with E-state index in [1.807, 2.05) is 43.3 Å². The first-order valence-corrected chi connectivity index (χ1v) is 10.1. The first-order valence-electron chi connectivity index (χ1n) is 9.09. The van der Waals surface area contributed by atoms with Crippen LogP contribution in [0.5, 0.6) is 0 Å². The molecule has 0 bridgehead atoms. The van der Waals surface area contributed by atoms with Gasteiger partial charge in [0.1, 0.15) is 0 Å². The zero-order chi connectivity index (χ0) is 20.1. The van der Waals surface area contributed by atoms with Crippen LogP contribution in [-0.2, 0) is 11.8 Å². The topological polar surface area (TPSA) is 93.1 Å². The van der Waals surface area contributed by atoms with E-state index in [1.54, 1.807) is 7.05 Å². The number of urea groups is 1. The summed E-state index contributed by atoms with van der Waals surface area (Å²) in [7, 11) is 1.63. The Morgan fingerprint density at radius 1 is 1.18 bits per heavy atom. The molecule has 0 saturated heterocycles. The number of nitrogens with one attached hydrogen (secondary N) is 2. The highest BCUT2D eigenvalue weighted by atomic mass is 32.2. The molecule has 28 heavy (non-hydrogen) atoms. The average molecular weight is 398 g/mol. The van der Waals surface area contributed by atoms with Crippen molar-refractivity contribution in [3.05, 3.63) is 46.8 Å². The largest absolute Gasteiger partial charge is 0.338 e. The number of thioether (sulfide) groups is 1. The number of aromatic nitrogens is 2. The Morgan fingerprint density at radius 2 is 1.89 bits per heavy atom. The highest BCUT2D eigenvalue weighted by Crippen LogP contribution is 2.22. The number of hydrogen-bond acceptors (Lipinski definition) is 5. The van der Waals surface area contributed by atoms with Crippen molar-refractivity contribution in [3.63, 3.8) is 0 Å². The maximum Gasteiger partial charge on any atom is 0.321 e. The molecule has 2 N–H and O–H groups in total. The fourth-order valence-electron chi connectivity index (χ4n) is 2.78. The van der Waals surface area contributed by atoms with Crippen LogP contribution in [0.1, 0.15) is 19.8 Å². The summed E-state index contributed by atoms with van der Waals surface area (Å²) in [5.74, 6) is -0.451. The Morgan fingerprint density at radius 3 is 2.61 bits per heavy atom. The molecule has 3 amide bonds. The van der Waals surface area contributed by atoms with E-state index in [1.165, 1.54) is 4.57 Å². The highest BCUT2D eigenvalue weighted by molar-refractivity contribution is 7.99. The van der Waals surface area contributed by atoms with E-state index in [9.17, 15) is 14.4 Å². The molecule has 0 aliphatic rings. The molecular formula is C20H22N4O3S. The van der Waals surface area contributed by atoms with E-state index < -0.39 is 11.9 Å². The van der Waals surface area contributed by atoms with Crippen molar-refractivity contribution in [2.45, 2.75) is 24.9 Å². The summed E-state index contributed by atoms with van der Waals surface area (Å²) in [5.41, 5.74) is 0.415. The van der Waals surface area contributed by atoms with Crippen LogP contribution in [0.15, 0.2) is 46.3 Å². The van der Waals surface area contributed by atoms with Crippen molar-refractivity contribution < 1.29 is 9.59 Å². The zero-order valence-electron chi connectivity index (χ0n) is 15.8. The summed E-state index contributed by atoms with van der Waals surface area (Å²) in [6.45, 7) is 2.54. The number of carbonyl (C=O) groups is 2. The number of nitrogens with zero attached hydrogens (tertiary/aromatic N) is 2. The lowest BCUT2D eigenvalue weighted by molar-refractivity contribution is -0.117. The van der Waals surface area contributed by atoms with Crippen LogP contribution in [-0.4, -0.2) is 33.8 Å². The minimum Gasteiger partial charge on any atom is -0.338 e. The monoisotopic (exact) mass is 398 g/mol. The number of amides is 3. The van der Waals surface area contributed by atoms with E-state index in [4.69, 9.17) is 0 Å². The van der Waals surface area contributed by atoms with Crippen molar-refractivity contribution in [1.29, 1.82) is 0 Å². The van der Waals surface area contributed by atoms with Gasteiger partial charge >= 0.3 is 6.03 Å². The molecule has 2 aromatic carbocycles. The summed E-state index contributed by atoms with van der Waals surface area (Å²) < 4.78 is 1.43. The number of unbranched alkanes of at least 4 members (excludes halogenated alkanes) is 1. The van der Waals surface area contributed by atoms with E-state index in [0.717, 1.165) is 35.4 Å². The van der Waals surface area contributed by atoms with Gasteiger partial charge in [0.25, 0.3) is 5.56 Å². The van der Waals surface area contributed by atoms with Gasteiger partial charge in [0.15, 0.2) is 5.16 Å². The van der Waals surface area contributed by atoms with E-state index in [-0.39, 0.29) is 11.3 Å². The van der Waals surface area contributed by atoms with Crippen LogP contribution in [0.4, 0.5) is 4.79 Å². The molecule has 3 rings (SSSR count). The van der Waals surface area contributed by atoms with Crippen LogP contribution in [0.25, 0.3) is 21.7 Å². The molecule has 0 aliphatic heterocycles. The lowest BCUT2D eigenvalue weighted by atomic mass is 10.1. The van der Waals surface area contributed by atoms with Gasteiger partial charge < -0.3 is 5.32 Å². The molecule has 0 radical (unpaired) electrons. The lowest BCUT2D eigenvalue weighted by Crippen LogP contribution is -2.40. The Kier molecular flexibility index (Phi) is 6.30. The molecule has 0 aliphatic carbocycles. The smallest absolute Gasteiger partial charge is 0.321 e. The van der Waals surface area contributed by atoms with Gasteiger partial charge in [0.05, 0.1) is 16.7 Å². The number of imide groups is 1. The third-order valence-corrected chi connectivity index (χ3v) is 5.33. The van der Waals surface area contributed by atoms with Crippen molar-refractivity contribution in [2.75, 3.05) is 12.3 Å². The fourth-order valence-corrected chi connectivity index (χ4v) is 3.55. The third kappa shape index (κ3) is 4.51. The Balaban J connectivity index is 1.75. The molecule has 7 nitrogen and oxygen atoms in total. The minimum absolute atomic E-state index is 0.0133. The van der Waals surface area contributed by atoms with Crippen molar-refractivity contribution >= 4 is 45.4 Å². The zero-order valence-corrected chi connectivity index (χ0v) is 16.6. The van der Waals surface area contributed by atoms with Crippen LogP contribution in [0.3, 0.4) is 0 Å².